The van der Waals surface area contributed by atoms with E-state index < -0.39 is 0 Å². The summed E-state index contributed by atoms with van der Waals surface area (Å²) in [6.07, 6.45) is 15.3. The molecule has 0 bridgehead atoms. The third-order valence-electron chi connectivity index (χ3n) is 3.57. The molecule has 0 nitrogen and oxygen atoms in total. The van der Waals surface area contributed by atoms with Gasteiger partial charge in [0.1, 0.15) is 0 Å². The third kappa shape index (κ3) is 3.24. The first-order valence-electron chi connectivity index (χ1n) is 6.15. The summed E-state index contributed by atoms with van der Waals surface area (Å²) >= 11 is 0. The van der Waals surface area contributed by atoms with Crippen molar-refractivity contribution >= 4 is 8.58 Å². The van der Waals surface area contributed by atoms with Crippen LogP contribution in [-0.2, 0) is 0 Å². The molecule has 0 aliphatic heterocycles. The molecule has 2 fully saturated rings. The van der Waals surface area contributed by atoms with Crippen molar-refractivity contribution in [1.82, 2.24) is 0 Å². The lowest BCUT2D eigenvalue weighted by Crippen LogP contribution is -2.14. The van der Waals surface area contributed by atoms with E-state index in [-0.39, 0.29) is 0 Å². The zero-order valence-corrected chi connectivity index (χ0v) is 9.57. The maximum Gasteiger partial charge on any atom is -0.0535 e. The fourth-order valence-electron chi connectivity index (χ4n) is 2.76. The maximum absolute atomic E-state index is 1.84. The van der Waals surface area contributed by atoms with Gasteiger partial charge in [0.25, 0.3) is 0 Å². The molecule has 13 heavy (non-hydrogen) atoms. The average molecular weight is 197 g/mol. The van der Waals surface area contributed by atoms with Gasteiger partial charge in [0.2, 0.25) is 0 Å². The van der Waals surface area contributed by atoms with Crippen LogP contribution in [-0.4, -0.2) is 11.3 Å². The quantitative estimate of drug-likeness (QED) is 0.567. The molecule has 1 heteroatoms. The molecule has 2 aliphatic rings. The van der Waals surface area contributed by atoms with Crippen molar-refractivity contribution in [3.8, 4) is 0 Å². The van der Waals surface area contributed by atoms with Gasteiger partial charge in [-0.05, 0) is 0 Å². The Morgan fingerprint density at radius 3 is 1.31 bits per heavy atom. The Labute approximate surface area is 84.7 Å². The van der Waals surface area contributed by atoms with E-state index in [1.165, 1.54) is 64.2 Å². The molecule has 0 atom stereocenters. The topological polar surface area (TPSA) is 0 Å². The molecule has 0 unspecified atom stereocenters. The zero-order chi connectivity index (χ0) is 8.93. The maximum atomic E-state index is 1.84. The van der Waals surface area contributed by atoms with E-state index in [2.05, 4.69) is 0 Å². The highest BCUT2D eigenvalue weighted by Gasteiger charge is 2.10. The van der Waals surface area contributed by atoms with Crippen molar-refractivity contribution in [2.24, 2.45) is 0 Å². The molecule has 0 saturated heterocycles. The molecule has 0 aromatic rings. The van der Waals surface area contributed by atoms with Gasteiger partial charge in [-0.2, -0.15) is 11.3 Å². The summed E-state index contributed by atoms with van der Waals surface area (Å²) in [6, 6.07) is 0. The third-order valence-corrected chi connectivity index (χ3v) is 5.45. The number of rotatable bonds is 2. The molecule has 0 amide bonds. The monoisotopic (exact) mass is 197 g/mol. The van der Waals surface area contributed by atoms with Gasteiger partial charge in [-0.15, -0.1) is 0 Å². The summed E-state index contributed by atoms with van der Waals surface area (Å²) in [6.45, 7) is 0. The Kier molecular flexibility index (Phi) is 4.10. The molecule has 0 N–H and O–H groups in total. The number of hydrogen-bond acceptors (Lipinski definition) is 0. The van der Waals surface area contributed by atoms with Crippen LogP contribution in [0, 0.1) is 0 Å². The van der Waals surface area contributed by atoms with E-state index in [0.717, 1.165) is 11.3 Å². The van der Waals surface area contributed by atoms with Crippen LogP contribution < -0.4 is 0 Å². The van der Waals surface area contributed by atoms with Gasteiger partial charge in [0.05, 0.1) is 0 Å². The minimum absolute atomic E-state index is 1.09. The van der Waals surface area contributed by atoms with Gasteiger partial charge in [0, 0.05) is 0 Å². The first-order valence-corrected chi connectivity index (χ1v) is 7.18. The van der Waals surface area contributed by atoms with Crippen LogP contribution in [0.5, 0.6) is 0 Å². The molecule has 2 saturated carbocycles. The minimum Gasteiger partial charge on any atom is -0.533 e. The van der Waals surface area contributed by atoms with E-state index in [9.17, 15) is 0 Å². The SMILES string of the molecule is C1CCC([P-]C2CCCCC2)CC1. The van der Waals surface area contributed by atoms with E-state index in [4.69, 9.17) is 0 Å². The smallest absolute Gasteiger partial charge is 0.0535 e. The normalized spacial score (nSPS) is 27.7. The van der Waals surface area contributed by atoms with E-state index in [1.54, 1.807) is 0 Å². The van der Waals surface area contributed by atoms with Crippen LogP contribution in [0.1, 0.15) is 64.2 Å². The Morgan fingerprint density at radius 1 is 0.538 bits per heavy atom. The van der Waals surface area contributed by atoms with Crippen LogP contribution in [0.2, 0.25) is 0 Å². The molecule has 0 radical (unpaired) electrons. The van der Waals surface area contributed by atoms with Gasteiger partial charge in [0.15, 0.2) is 0 Å². The van der Waals surface area contributed by atoms with Gasteiger partial charge in [-0.25, -0.2) is 0 Å². The Balaban J connectivity index is 1.69. The summed E-state index contributed by atoms with van der Waals surface area (Å²) in [7, 11) is 1.84. The standard InChI is InChI=1S/C12H22P/c1-3-7-11(8-4-1)13-12-9-5-2-6-10-12/h11-12H,1-10H2/q-1. The Bertz CT molecular complexity index is 116. The molecule has 76 valence electrons. The average Bonchev–Trinajstić information content (AvgIpc) is 2.21. The van der Waals surface area contributed by atoms with E-state index in [1.807, 2.05) is 8.58 Å². The predicted octanol–water partition coefficient (Wildman–Crippen LogP) is 4.60. The van der Waals surface area contributed by atoms with Crippen LogP contribution in [0.25, 0.3) is 0 Å². The molecule has 0 spiro atoms. The highest BCUT2D eigenvalue weighted by atomic mass is 31.1. The zero-order valence-electron chi connectivity index (χ0n) is 8.67. The molecule has 0 aromatic heterocycles. The van der Waals surface area contributed by atoms with Crippen LogP contribution in [0.4, 0.5) is 0 Å². The van der Waals surface area contributed by atoms with Crippen molar-refractivity contribution < 1.29 is 0 Å². The molecule has 0 aromatic carbocycles. The fourth-order valence-corrected chi connectivity index (χ4v) is 4.68. The van der Waals surface area contributed by atoms with Crippen molar-refractivity contribution in [3.05, 3.63) is 0 Å². The Hall–Kier alpha value is 0.430. The van der Waals surface area contributed by atoms with Crippen molar-refractivity contribution in [2.45, 2.75) is 75.5 Å². The lowest BCUT2D eigenvalue weighted by Gasteiger charge is -2.42. The molecular weight excluding hydrogens is 175 g/mol. The Morgan fingerprint density at radius 2 is 0.923 bits per heavy atom. The summed E-state index contributed by atoms with van der Waals surface area (Å²) in [5.74, 6) is 0. The van der Waals surface area contributed by atoms with E-state index >= 15 is 0 Å². The predicted molar refractivity (Wildman–Crippen MR) is 60.7 cm³/mol. The lowest BCUT2D eigenvalue weighted by atomic mass is 10.00. The summed E-state index contributed by atoms with van der Waals surface area (Å²) < 4.78 is 0. The van der Waals surface area contributed by atoms with Gasteiger partial charge < -0.3 is 8.58 Å². The van der Waals surface area contributed by atoms with Crippen LogP contribution in [0.3, 0.4) is 0 Å². The fraction of sp³-hybridized carbons (Fsp3) is 1.00. The summed E-state index contributed by atoms with van der Waals surface area (Å²) in [4.78, 5) is 0. The van der Waals surface area contributed by atoms with Crippen LogP contribution >= 0.6 is 8.58 Å². The highest BCUT2D eigenvalue weighted by Crippen LogP contribution is 2.41. The summed E-state index contributed by atoms with van der Waals surface area (Å²) in [5.41, 5.74) is 2.19. The lowest BCUT2D eigenvalue weighted by molar-refractivity contribution is 0.490. The minimum atomic E-state index is 1.09. The van der Waals surface area contributed by atoms with Gasteiger partial charge in [-0.3, -0.25) is 0 Å². The second-order valence-electron chi connectivity index (χ2n) is 4.73. The second kappa shape index (κ2) is 5.35. The van der Waals surface area contributed by atoms with Crippen molar-refractivity contribution in [3.63, 3.8) is 0 Å². The highest BCUT2D eigenvalue weighted by molar-refractivity contribution is 7.39. The second-order valence-corrected chi connectivity index (χ2v) is 6.49. The largest absolute Gasteiger partial charge is 0.533 e. The molecular formula is C12H22P-. The van der Waals surface area contributed by atoms with Gasteiger partial charge >= 0.3 is 0 Å². The van der Waals surface area contributed by atoms with Gasteiger partial charge in [-0.1, -0.05) is 64.2 Å². The van der Waals surface area contributed by atoms with Crippen LogP contribution in [0.15, 0.2) is 0 Å². The molecule has 0 heterocycles. The molecule has 2 aliphatic carbocycles. The first-order chi connectivity index (χ1) is 6.45. The van der Waals surface area contributed by atoms with Crippen molar-refractivity contribution in [2.75, 3.05) is 0 Å². The van der Waals surface area contributed by atoms with E-state index in [0.29, 0.717) is 0 Å². The molecule has 2 rings (SSSR count). The number of hydrogen-bond donors (Lipinski definition) is 0. The summed E-state index contributed by atoms with van der Waals surface area (Å²) in [5, 5.41) is 0. The first kappa shape index (κ1) is 9.97. The van der Waals surface area contributed by atoms with Crippen molar-refractivity contribution in [1.29, 1.82) is 0 Å².